The van der Waals surface area contributed by atoms with Crippen LogP contribution >= 0.6 is 0 Å². The maximum Gasteiger partial charge on any atom is 0.254 e. The summed E-state index contributed by atoms with van der Waals surface area (Å²) in [5.41, 5.74) is 0.629. The molecule has 0 bridgehead atoms. The minimum absolute atomic E-state index is 0.0828. The molecule has 1 aliphatic heterocycles. The molecule has 1 aromatic rings. The van der Waals surface area contributed by atoms with E-state index in [0.717, 1.165) is 19.0 Å². The van der Waals surface area contributed by atoms with Gasteiger partial charge in [0.25, 0.3) is 5.91 Å². The van der Waals surface area contributed by atoms with Gasteiger partial charge in [0.15, 0.2) is 0 Å². The third-order valence-electron chi connectivity index (χ3n) is 5.16. The van der Waals surface area contributed by atoms with Crippen LogP contribution in [-0.2, 0) is 0 Å². The van der Waals surface area contributed by atoms with Crippen LogP contribution in [-0.4, -0.2) is 48.0 Å². The van der Waals surface area contributed by atoms with Crippen LogP contribution < -0.4 is 10.6 Å². The molecule has 1 saturated heterocycles. The van der Waals surface area contributed by atoms with Gasteiger partial charge in [-0.1, -0.05) is 19.3 Å². The molecule has 5 nitrogen and oxygen atoms in total. The lowest BCUT2D eigenvalue weighted by molar-refractivity contribution is 0.0963. The van der Waals surface area contributed by atoms with Crippen LogP contribution in [0.25, 0.3) is 0 Å². The van der Waals surface area contributed by atoms with Gasteiger partial charge in [0, 0.05) is 31.9 Å². The number of rotatable bonds is 4. The fourth-order valence-corrected chi connectivity index (χ4v) is 3.93. The van der Waals surface area contributed by atoms with Gasteiger partial charge < -0.3 is 10.6 Å². The predicted molar refractivity (Wildman–Crippen MR) is 92.7 cm³/mol. The Labute approximate surface area is 138 Å². The molecule has 23 heavy (non-hydrogen) atoms. The van der Waals surface area contributed by atoms with Crippen LogP contribution in [0.1, 0.15) is 55.3 Å². The lowest BCUT2D eigenvalue weighted by atomic mass is 9.92. The molecule has 5 heteroatoms. The monoisotopic (exact) mass is 316 g/mol. The van der Waals surface area contributed by atoms with E-state index in [0.29, 0.717) is 17.4 Å². The highest BCUT2D eigenvalue weighted by atomic mass is 16.1. The van der Waals surface area contributed by atoms with Gasteiger partial charge in [-0.05, 0) is 44.4 Å². The van der Waals surface area contributed by atoms with Gasteiger partial charge in [0.1, 0.15) is 5.82 Å². The molecule has 1 aliphatic carbocycles. The fraction of sp³-hybridized carbons (Fsp3) is 0.667. The summed E-state index contributed by atoms with van der Waals surface area (Å²) >= 11 is 0. The lowest BCUT2D eigenvalue weighted by Crippen LogP contribution is -2.48. The Morgan fingerprint density at radius 2 is 2.04 bits per heavy atom. The van der Waals surface area contributed by atoms with Crippen molar-refractivity contribution in [1.82, 2.24) is 15.2 Å². The molecule has 2 N–H and O–H groups in total. The van der Waals surface area contributed by atoms with Crippen LogP contribution in [0.4, 0.5) is 5.82 Å². The molecule has 2 fully saturated rings. The highest BCUT2D eigenvalue weighted by Gasteiger charge is 2.27. The first kappa shape index (κ1) is 16.2. The Hall–Kier alpha value is -1.62. The number of amides is 1. The number of nitrogens with one attached hydrogen (secondary N) is 2. The Morgan fingerprint density at radius 1 is 1.22 bits per heavy atom. The number of anilines is 1. The van der Waals surface area contributed by atoms with Crippen molar-refractivity contribution in [2.45, 2.75) is 57.0 Å². The molecule has 126 valence electrons. The van der Waals surface area contributed by atoms with E-state index < -0.39 is 0 Å². The zero-order valence-corrected chi connectivity index (χ0v) is 14.1. The Kier molecular flexibility index (Phi) is 5.49. The van der Waals surface area contributed by atoms with Crippen LogP contribution in [0.3, 0.4) is 0 Å². The van der Waals surface area contributed by atoms with Gasteiger partial charge >= 0.3 is 0 Å². The summed E-state index contributed by atoms with van der Waals surface area (Å²) in [6, 6.07) is 4.78. The highest BCUT2D eigenvalue weighted by Crippen LogP contribution is 2.26. The molecule has 1 aromatic heterocycles. The van der Waals surface area contributed by atoms with Crippen LogP contribution in [0.5, 0.6) is 0 Å². The summed E-state index contributed by atoms with van der Waals surface area (Å²) in [5, 5.41) is 6.21. The first-order valence-corrected chi connectivity index (χ1v) is 8.95. The number of likely N-dealkylation sites (tertiary alicyclic amines) is 1. The number of carbonyl (C=O) groups excluding carboxylic acids is 1. The van der Waals surface area contributed by atoms with Gasteiger partial charge in [-0.15, -0.1) is 0 Å². The Bertz CT molecular complexity index is 528. The van der Waals surface area contributed by atoms with Crippen molar-refractivity contribution in [3.8, 4) is 0 Å². The number of piperidine rings is 1. The zero-order valence-electron chi connectivity index (χ0n) is 14.1. The highest BCUT2D eigenvalue weighted by molar-refractivity contribution is 5.98. The third-order valence-corrected chi connectivity index (χ3v) is 5.16. The van der Waals surface area contributed by atoms with E-state index in [1.54, 1.807) is 13.2 Å². The van der Waals surface area contributed by atoms with E-state index in [-0.39, 0.29) is 5.91 Å². The van der Waals surface area contributed by atoms with E-state index in [1.165, 1.54) is 45.1 Å². The van der Waals surface area contributed by atoms with Gasteiger partial charge in [-0.3, -0.25) is 9.69 Å². The summed E-state index contributed by atoms with van der Waals surface area (Å²) in [6.07, 6.45) is 11.0. The van der Waals surface area contributed by atoms with Crippen molar-refractivity contribution in [3.63, 3.8) is 0 Å². The maximum atomic E-state index is 12.0. The predicted octanol–water partition coefficient (Wildman–Crippen LogP) is 2.65. The van der Waals surface area contributed by atoms with Crippen LogP contribution in [0.15, 0.2) is 18.3 Å². The van der Waals surface area contributed by atoms with Crippen molar-refractivity contribution < 1.29 is 4.79 Å². The minimum Gasteiger partial charge on any atom is -0.365 e. The second-order valence-corrected chi connectivity index (χ2v) is 6.75. The number of carbonyl (C=O) groups is 1. The SMILES string of the molecule is CNC(=O)c1cccnc1NC1CCCN(C2CCCCC2)C1. The van der Waals surface area contributed by atoms with Gasteiger partial charge in [0.2, 0.25) is 0 Å². The van der Waals surface area contributed by atoms with Gasteiger partial charge in [-0.25, -0.2) is 4.98 Å². The molecular formula is C18H28N4O. The van der Waals surface area contributed by atoms with Crippen LogP contribution in [0.2, 0.25) is 0 Å². The van der Waals surface area contributed by atoms with Crippen molar-refractivity contribution in [2.24, 2.45) is 0 Å². The normalized spacial score (nSPS) is 23.4. The summed E-state index contributed by atoms with van der Waals surface area (Å²) in [7, 11) is 1.66. The molecule has 2 heterocycles. The quantitative estimate of drug-likeness (QED) is 0.896. The summed E-state index contributed by atoms with van der Waals surface area (Å²) in [5.74, 6) is 0.628. The zero-order chi connectivity index (χ0) is 16.1. The maximum absolute atomic E-state index is 12.0. The number of hydrogen-bond donors (Lipinski definition) is 2. The van der Waals surface area contributed by atoms with E-state index in [9.17, 15) is 4.79 Å². The lowest BCUT2D eigenvalue weighted by Gasteiger charge is -2.40. The smallest absolute Gasteiger partial charge is 0.254 e. The molecule has 1 amide bonds. The van der Waals surface area contributed by atoms with Crippen LogP contribution in [0, 0.1) is 0 Å². The number of nitrogens with zero attached hydrogens (tertiary/aromatic N) is 2. The van der Waals surface area contributed by atoms with Gasteiger partial charge in [0.05, 0.1) is 5.56 Å². The molecule has 1 saturated carbocycles. The molecule has 0 spiro atoms. The molecule has 3 rings (SSSR count). The van der Waals surface area contributed by atoms with E-state index in [4.69, 9.17) is 0 Å². The molecule has 0 aromatic carbocycles. The van der Waals surface area contributed by atoms with E-state index in [1.807, 2.05) is 12.1 Å². The Balaban J connectivity index is 1.64. The number of pyridine rings is 1. The average molecular weight is 316 g/mol. The summed E-state index contributed by atoms with van der Waals surface area (Å²) < 4.78 is 0. The molecule has 1 atom stereocenters. The van der Waals surface area contributed by atoms with Crippen molar-refractivity contribution in [3.05, 3.63) is 23.9 Å². The van der Waals surface area contributed by atoms with Crippen molar-refractivity contribution in [2.75, 3.05) is 25.5 Å². The average Bonchev–Trinajstić information content (AvgIpc) is 2.62. The third kappa shape index (κ3) is 4.02. The van der Waals surface area contributed by atoms with Crippen molar-refractivity contribution in [1.29, 1.82) is 0 Å². The Morgan fingerprint density at radius 3 is 2.83 bits per heavy atom. The second kappa shape index (κ2) is 7.77. The van der Waals surface area contributed by atoms with E-state index in [2.05, 4.69) is 20.5 Å². The van der Waals surface area contributed by atoms with Gasteiger partial charge in [-0.2, -0.15) is 0 Å². The standard InChI is InChI=1S/C18H28N4O/c1-19-18(23)16-10-5-11-20-17(16)21-14-7-6-12-22(13-14)15-8-3-2-4-9-15/h5,10-11,14-15H,2-4,6-9,12-13H2,1H3,(H,19,23)(H,20,21). The first-order chi connectivity index (χ1) is 11.3. The first-order valence-electron chi connectivity index (χ1n) is 8.95. The fourth-order valence-electron chi connectivity index (χ4n) is 3.93. The summed E-state index contributed by atoms with van der Waals surface area (Å²) in [6.45, 7) is 2.28. The number of hydrogen-bond acceptors (Lipinski definition) is 4. The summed E-state index contributed by atoms with van der Waals surface area (Å²) in [4.78, 5) is 19.0. The minimum atomic E-state index is -0.0828. The second-order valence-electron chi connectivity index (χ2n) is 6.75. The number of aromatic nitrogens is 1. The molecule has 1 unspecified atom stereocenters. The van der Waals surface area contributed by atoms with Crippen molar-refractivity contribution >= 4 is 11.7 Å². The largest absolute Gasteiger partial charge is 0.365 e. The molecule has 0 radical (unpaired) electrons. The molecule has 2 aliphatic rings. The topological polar surface area (TPSA) is 57.3 Å². The van der Waals surface area contributed by atoms with E-state index >= 15 is 0 Å². The molecular weight excluding hydrogens is 288 g/mol.